The van der Waals surface area contributed by atoms with Crippen molar-refractivity contribution in [2.45, 2.75) is 32.6 Å². The van der Waals surface area contributed by atoms with Crippen LogP contribution in [0.4, 0.5) is 0 Å². The molecule has 0 amide bonds. The summed E-state index contributed by atoms with van der Waals surface area (Å²) in [6, 6.07) is 0. The summed E-state index contributed by atoms with van der Waals surface area (Å²) in [6.07, 6.45) is 1.93. The second kappa shape index (κ2) is 3.53. The van der Waals surface area contributed by atoms with E-state index in [0.717, 1.165) is 12.8 Å². The Morgan fingerprint density at radius 1 is 1.47 bits per heavy atom. The predicted molar refractivity (Wildman–Crippen MR) is 52.1 cm³/mol. The lowest BCUT2D eigenvalue weighted by molar-refractivity contribution is -0.136. The molecule has 15 heavy (non-hydrogen) atoms. The molecule has 0 unspecified atom stereocenters. The molecule has 80 valence electrons. The number of carboxylic acid groups (broad SMARTS) is 1. The highest BCUT2D eigenvalue weighted by molar-refractivity contribution is 5.99. The van der Waals surface area contributed by atoms with Gasteiger partial charge < -0.3 is 9.52 Å². The van der Waals surface area contributed by atoms with Gasteiger partial charge in [0.1, 0.15) is 17.9 Å². The lowest BCUT2D eigenvalue weighted by Gasteiger charge is -2.07. The average Bonchev–Trinajstić information content (AvgIpc) is 2.44. The van der Waals surface area contributed by atoms with Crippen molar-refractivity contribution in [1.82, 2.24) is 0 Å². The van der Waals surface area contributed by atoms with Gasteiger partial charge >= 0.3 is 5.97 Å². The summed E-state index contributed by atoms with van der Waals surface area (Å²) in [5.41, 5.74) is 1.33. The molecule has 0 saturated carbocycles. The van der Waals surface area contributed by atoms with Crippen LogP contribution in [0.5, 0.6) is 0 Å². The molecule has 0 bridgehead atoms. The number of aliphatic carboxylic acids is 1. The number of Topliss-reactive ketones (excluding diaryl/α,β-unsaturated/α-hetero) is 1. The van der Waals surface area contributed by atoms with E-state index in [0.29, 0.717) is 29.1 Å². The number of aryl methyl sites for hydroxylation is 1. The summed E-state index contributed by atoms with van der Waals surface area (Å²) in [6.45, 7) is 1.75. The first-order valence-corrected chi connectivity index (χ1v) is 4.95. The number of carbonyl (C=O) groups is 2. The number of carbonyl (C=O) groups excluding carboxylic acids is 1. The number of furan rings is 1. The van der Waals surface area contributed by atoms with E-state index in [1.54, 1.807) is 6.92 Å². The molecule has 4 heteroatoms. The van der Waals surface area contributed by atoms with Gasteiger partial charge in [-0.05, 0) is 13.3 Å². The highest BCUT2D eigenvalue weighted by atomic mass is 16.4. The lowest BCUT2D eigenvalue weighted by atomic mass is 9.94. The second-order valence-electron chi connectivity index (χ2n) is 3.80. The van der Waals surface area contributed by atoms with Gasteiger partial charge in [0.15, 0.2) is 5.78 Å². The van der Waals surface area contributed by atoms with Crippen LogP contribution in [0.3, 0.4) is 0 Å². The molecular formula is C11H12O4. The van der Waals surface area contributed by atoms with E-state index in [1.807, 2.05) is 0 Å². The van der Waals surface area contributed by atoms with E-state index in [2.05, 4.69) is 0 Å². The van der Waals surface area contributed by atoms with Gasteiger partial charge in [-0.2, -0.15) is 0 Å². The molecule has 0 fully saturated rings. The molecule has 0 aromatic carbocycles. The number of hydrogen-bond donors (Lipinski definition) is 1. The number of carboxylic acids is 1. The summed E-state index contributed by atoms with van der Waals surface area (Å²) in [4.78, 5) is 22.2. The largest absolute Gasteiger partial charge is 0.481 e. The van der Waals surface area contributed by atoms with Crippen molar-refractivity contribution in [2.24, 2.45) is 0 Å². The molecule has 0 radical (unpaired) electrons. The van der Waals surface area contributed by atoms with E-state index in [1.165, 1.54) is 0 Å². The zero-order valence-electron chi connectivity index (χ0n) is 8.50. The van der Waals surface area contributed by atoms with E-state index in [4.69, 9.17) is 9.52 Å². The molecular weight excluding hydrogens is 196 g/mol. The van der Waals surface area contributed by atoms with Gasteiger partial charge in [0.05, 0.1) is 5.56 Å². The minimum absolute atomic E-state index is 0.0779. The van der Waals surface area contributed by atoms with Gasteiger partial charge in [0.25, 0.3) is 0 Å². The Bertz CT molecular complexity index is 428. The summed E-state index contributed by atoms with van der Waals surface area (Å²) >= 11 is 0. The molecule has 1 aromatic heterocycles. The molecule has 0 aliphatic heterocycles. The zero-order valence-corrected chi connectivity index (χ0v) is 8.50. The van der Waals surface area contributed by atoms with Crippen LogP contribution in [0.1, 0.15) is 40.3 Å². The summed E-state index contributed by atoms with van der Waals surface area (Å²) in [7, 11) is 0. The van der Waals surface area contributed by atoms with Crippen LogP contribution in [0.15, 0.2) is 4.42 Å². The van der Waals surface area contributed by atoms with Crippen molar-refractivity contribution in [3.8, 4) is 0 Å². The molecule has 1 aromatic rings. The Balaban J connectivity index is 2.43. The Hall–Kier alpha value is -1.58. The molecule has 0 saturated heterocycles. The van der Waals surface area contributed by atoms with Gasteiger partial charge in [-0.25, -0.2) is 0 Å². The van der Waals surface area contributed by atoms with Crippen LogP contribution in [0, 0.1) is 6.92 Å². The fourth-order valence-electron chi connectivity index (χ4n) is 2.01. The highest BCUT2D eigenvalue weighted by Gasteiger charge is 2.26. The number of fused-ring (bicyclic) bond motifs is 1. The Labute approximate surface area is 86.9 Å². The minimum Gasteiger partial charge on any atom is -0.481 e. The molecule has 2 rings (SSSR count). The molecule has 0 spiro atoms. The van der Waals surface area contributed by atoms with E-state index >= 15 is 0 Å². The second-order valence-corrected chi connectivity index (χ2v) is 3.80. The average molecular weight is 208 g/mol. The molecule has 1 N–H and O–H groups in total. The maximum absolute atomic E-state index is 11.6. The van der Waals surface area contributed by atoms with Crippen molar-refractivity contribution < 1.29 is 19.1 Å². The van der Waals surface area contributed by atoms with Gasteiger partial charge in [-0.1, -0.05) is 0 Å². The number of hydrogen-bond acceptors (Lipinski definition) is 3. The van der Waals surface area contributed by atoms with Crippen LogP contribution in [0.25, 0.3) is 0 Å². The smallest absolute Gasteiger partial charge is 0.311 e. The molecule has 1 heterocycles. The van der Waals surface area contributed by atoms with E-state index < -0.39 is 5.97 Å². The van der Waals surface area contributed by atoms with Crippen LogP contribution in [-0.2, 0) is 17.6 Å². The first-order valence-electron chi connectivity index (χ1n) is 4.95. The normalized spacial score (nSPS) is 15.1. The Kier molecular flexibility index (Phi) is 2.34. The summed E-state index contributed by atoms with van der Waals surface area (Å²) < 4.78 is 5.42. The predicted octanol–water partition coefficient (Wildman–Crippen LogP) is 1.73. The van der Waals surface area contributed by atoms with Gasteiger partial charge in [-0.3, -0.25) is 9.59 Å². The third kappa shape index (κ3) is 1.67. The monoisotopic (exact) mass is 208 g/mol. The van der Waals surface area contributed by atoms with Gasteiger partial charge in [0, 0.05) is 18.4 Å². The quantitative estimate of drug-likeness (QED) is 0.803. The van der Waals surface area contributed by atoms with Crippen molar-refractivity contribution in [3.05, 3.63) is 22.6 Å². The SMILES string of the molecule is Cc1c(CC(=O)O)oc2c1C(=O)CCC2. The standard InChI is InChI=1S/C11H12O4/c1-6-9(5-10(13)14)15-8-4-2-3-7(12)11(6)8/h2-5H2,1H3,(H,13,14). The first-order chi connectivity index (χ1) is 7.09. The third-order valence-electron chi connectivity index (χ3n) is 2.72. The van der Waals surface area contributed by atoms with Crippen LogP contribution in [-0.4, -0.2) is 16.9 Å². The van der Waals surface area contributed by atoms with Crippen LogP contribution in [0.2, 0.25) is 0 Å². The Morgan fingerprint density at radius 2 is 2.20 bits per heavy atom. The van der Waals surface area contributed by atoms with Crippen LogP contribution < -0.4 is 0 Å². The number of rotatable bonds is 2. The highest BCUT2D eigenvalue weighted by Crippen LogP contribution is 2.29. The van der Waals surface area contributed by atoms with E-state index in [9.17, 15) is 9.59 Å². The van der Waals surface area contributed by atoms with E-state index in [-0.39, 0.29) is 12.2 Å². The fourth-order valence-corrected chi connectivity index (χ4v) is 2.01. The number of ketones is 1. The van der Waals surface area contributed by atoms with Crippen LogP contribution >= 0.6 is 0 Å². The van der Waals surface area contributed by atoms with Gasteiger partial charge in [0.2, 0.25) is 0 Å². The maximum Gasteiger partial charge on any atom is 0.311 e. The van der Waals surface area contributed by atoms with Crippen molar-refractivity contribution in [3.63, 3.8) is 0 Å². The third-order valence-corrected chi connectivity index (χ3v) is 2.72. The molecule has 1 aliphatic rings. The maximum atomic E-state index is 11.6. The van der Waals surface area contributed by atoms with Crippen molar-refractivity contribution in [2.75, 3.05) is 0 Å². The Morgan fingerprint density at radius 3 is 2.80 bits per heavy atom. The lowest BCUT2D eigenvalue weighted by Crippen LogP contribution is -2.09. The summed E-state index contributed by atoms with van der Waals surface area (Å²) in [5, 5.41) is 8.67. The summed E-state index contributed by atoms with van der Waals surface area (Å²) in [5.74, 6) is 0.230. The van der Waals surface area contributed by atoms with Crippen molar-refractivity contribution >= 4 is 11.8 Å². The van der Waals surface area contributed by atoms with Crippen molar-refractivity contribution in [1.29, 1.82) is 0 Å². The molecule has 4 nitrogen and oxygen atoms in total. The fraction of sp³-hybridized carbons (Fsp3) is 0.455. The first kappa shape index (κ1) is 9.96. The van der Waals surface area contributed by atoms with Gasteiger partial charge in [-0.15, -0.1) is 0 Å². The molecule has 0 atom stereocenters. The zero-order chi connectivity index (χ0) is 11.0. The topological polar surface area (TPSA) is 67.5 Å². The minimum atomic E-state index is -0.934. The molecule has 1 aliphatic carbocycles.